The van der Waals surface area contributed by atoms with E-state index in [0.717, 1.165) is 46.8 Å². The van der Waals surface area contributed by atoms with E-state index in [-0.39, 0.29) is 11.3 Å². The van der Waals surface area contributed by atoms with Gasteiger partial charge in [0.05, 0.1) is 5.69 Å². The molecular weight excluding hydrogens is 442 g/mol. The summed E-state index contributed by atoms with van der Waals surface area (Å²) in [7, 11) is 0. The lowest BCUT2D eigenvalue weighted by Crippen LogP contribution is -2.25. The monoisotopic (exact) mass is 475 g/mol. The molecular formula is C27H33N5OS. The summed E-state index contributed by atoms with van der Waals surface area (Å²) < 4.78 is 0. The fourth-order valence-electron chi connectivity index (χ4n) is 3.82. The van der Waals surface area contributed by atoms with E-state index in [4.69, 9.17) is 9.97 Å². The summed E-state index contributed by atoms with van der Waals surface area (Å²) in [6, 6.07) is 15.7. The molecule has 1 aliphatic rings. The van der Waals surface area contributed by atoms with Gasteiger partial charge in [0.2, 0.25) is 0 Å². The molecule has 4 rings (SSSR count). The molecule has 0 atom stereocenters. The Hall–Kier alpha value is -2.93. The Morgan fingerprint density at radius 1 is 1.06 bits per heavy atom. The molecule has 1 amide bonds. The Kier molecular flexibility index (Phi) is 7.83. The van der Waals surface area contributed by atoms with Gasteiger partial charge in [0.15, 0.2) is 5.16 Å². The first-order valence-corrected chi connectivity index (χ1v) is 12.9. The van der Waals surface area contributed by atoms with Crippen molar-refractivity contribution in [2.45, 2.75) is 56.4 Å². The van der Waals surface area contributed by atoms with Crippen molar-refractivity contribution in [3.63, 3.8) is 0 Å². The fraction of sp³-hybridized carbons (Fsp3) is 0.407. The van der Waals surface area contributed by atoms with E-state index in [1.165, 1.54) is 12.8 Å². The van der Waals surface area contributed by atoms with Gasteiger partial charge >= 0.3 is 0 Å². The van der Waals surface area contributed by atoms with Gasteiger partial charge in [-0.3, -0.25) is 9.78 Å². The average molecular weight is 476 g/mol. The number of benzene rings is 1. The maximum Gasteiger partial charge on any atom is 0.251 e. The maximum atomic E-state index is 12.5. The van der Waals surface area contributed by atoms with Crippen LogP contribution in [0.4, 0.5) is 5.82 Å². The first-order chi connectivity index (χ1) is 16.4. The number of anilines is 1. The molecule has 1 fully saturated rings. The van der Waals surface area contributed by atoms with Crippen LogP contribution in [0.1, 0.15) is 60.9 Å². The van der Waals surface area contributed by atoms with Gasteiger partial charge in [-0.15, -0.1) is 0 Å². The van der Waals surface area contributed by atoms with Gasteiger partial charge in [0, 0.05) is 60.7 Å². The first-order valence-electron chi connectivity index (χ1n) is 11.9. The normalized spacial score (nSPS) is 13.8. The summed E-state index contributed by atoms with van der Waals surface area (Å²) in [6.45, 7) is 9.27. The molecule has 3 aromatic rings. The van der Waals surface area contributed by atoms with Crippen LogP contribution in [-0.2, 0) is 17.6 Å². The molecule has 0 unspecified atom stereocenters. The molecule has 1 aromatic carbocycles. The zero-order valence-electron chi connectivity index (χ0n) is 20.3. The van der Waals surface area contributed by atoms with Crippen molar-refractivity contribution >= 4 is 23.5 Å². The molecule has 34 heavy (non-hydrogen) atoms. The van der Waals surface area contributed by atoms with Crippen molar-refractivity contribution in [2.75, 3.05) is 24.5 Å². The Balaban J connectivity index is 1.35. The van der Waals surface area contributed by atoms with E-state index in [0.29, 0.717) is 18.5 Å². The van der Waals surface area contributed by atoms with Crippen molar-refractivity contribution in [3.8, 4) is 0 Å². The third kappa shape index (κ3) is 6.56. The number of carbonyl (C=O) groups excluding carboxylic acids is 1. The number of nitrogens with one attached hydrogen (secondary N) is 1. The van der Waals surface area contributed by atoms with Gasteiger partial charge in [-0.05, 0) is 42.7 Å². The van der Waals surface area contributed by atoms with Crippen LogP contribution in [0.3, 0.4) is 0 Å². The van der Waals surface area contributed by atoms with E-state index >= 15 is 0 Å². The summed E-state index contributed by atoms with van der Waals surface area (Å²) in [4.78, 5) is 28.8. The van der Waals surface area contributed by atoms with Crippen molar-refractivity contribution in [2.24, 2.45) is 0 Å². The van der Waals surface area contributed by atoms with Crippen LogP contribution in [0.5, 0.6) is 0 Å². The lowest BCUT2D eigenvalue weighted by atomic mass is 9.92. The predicted molar refractivity (Wildman–Crippen MR) is 138 cm³/mol. The molecule has 0 radical (unpaired) electrons. The molecule has 1 N–H and O–H groups in total. The van der Waals surface area contributed by atoms with E-state index in [9.17, 15) is 4.79 Å². The van der Waals surface area contributed by atoms with Crippen molar-refractivity contribution in [1.82, 2.24) is 20.3 Å². The lowest BCUT2D eigenvalue weighted by Gasteiger charge is -2.23. The molecule has 1 aliphatic heterocycles. The number of aromatic nitrogens is 3. The number of pyridine rings is 1. The second-order valence-electron chi connectivity index (χ2n) is 9.65. The molecule has 6 nitrogen and oxygen atoms in total. The van der Waals surface area contributed by atoms with Crippen molar-refractivity contribution in [3.05, 3.63) is 77.2 Å². The Labute approximate surface area is 206 Å². The van der Waals surface area contributed by atoms with E-state index in [2.05, 4.69) is 42.0 Å². The van der Waals surface area contributed by atoms with Gasteiger partial charge < -0.3 is 10.2 Å². The molecule has 2 aromatic heterocycles. The van der Waals surface area contributed by atoms with E-state index in [1.54, 1.807) is 18.0 Å². The van der Waals surface area contributed by atoms with Gasteiger partial charge in [-0.1, -0.05) is 50.7 Å². The minimum absolute atomic E-state index is 0.0295. The molecule has 0 spiro atoms. The predicted octanol–water partition coefficient (Wildman–Crippen LogP) is 5.03. The van der Waals surface area contributed by atoms with Crippen LogP contribution < -0.4 is 10.2 Å². The fourth-order valence-corrected chi connectivity index (χ4v) is 4.63. The zero-order valence-corrected chi connectivity index (χ0v) is 21.1. The second kappa shape index (κ2) is 11.0. The summed E-state index contributed by atoms with van der Waals surface area (Å²) in [5.74, 6) is 1.73. The Bertz CT molecular complexity index is 1090. The van der Waals surface area contributed by atoms with E-state index in [1.807, 2.05) is 42.5 Å². The molecule has 0 aliphatic carbocycles. The second-order valence-corrected chi connectivity index (χ2v) is 10.6. The van der Waals surface area contributed by atoms with Gasteiger partial charge in [0.25, 0.3) is 5.91 Å². The topological polar surface area (TPSA) is 71.0 Å². The number of amides is 1. The number of hydrogen-bond acceptors (Lipinski definition) is 6. The largest absolute Gasteiger partial charge is 0.356 e. The highest BCUT2D eigenvalue weighted by Gasteiger charge is 2.21. The molecule has 178 valence electrons. The minimum Gasteiger partial charge on any atom is -0.356 e. The van der Waals surface area contributed by atoms with Crippen molar-refractivity contribution < 1.29 is 4.79 Å². The standard InChI is InChI=1S/C27H33N5OS/c1-27(2,3)23-18-24(32-16-6-7-17-32)31-26(30-23)34-19-20-9-11-21(12-10-20)25(33)29-15-13-22-8-4-5-14-28-22/h4-5,8-12,14,18H,6-7,13,15-17,19H2,1-3H3,(H,29,33). The number of carbonyl (C=O) groups is 1. The summed E-state index contributed by atoms with van der Waals surface area (Å²) in [5, 5.41) is 3.78. The lowest BCUT2D eigenvalue weighted by molar-refractivity contribution is 0.0954. The Morgan fingerprint density at radius 2 is 1.82 bits per heavy atom. The zero-order chi connectivity index (χ0) is 24.0. The highest BCUT2D eigenvalue weighted by molar-refractivity contribution is 7.98. The van der Waals surface area contributed by atoms with Crippen LogP contribution in [0.25, 0.3) is 0 Å². The number of thioether (sulfide) groups is 1. The molecule has 0 saturated carbocycles. The highest BCUT2D eigenvalue weighted by Crippen LogP contribution is 2.29. The minimum atomic E-state index is -0.0633. The van der Waals surface area contributed by atoms with Crippen LogP contribution >= 0.6 is 11.8 Å². The number of rotatable bonds is 8. The molecule has 0 bridgehead atoms. The highest BCUT2D eigenvalue weighted by atomic mass is 32.2. The third-order valence-corrected chi connectivity index (χ3v) is 6.79. The summed E-state index contributed by atoms with van der Waals surface area (Å²) in [5.41, 5.74) is 3.82. The quantitative estimate of drug-likeness (QED) is 0.364. The van der Waals surface area contributed by atoms with Crippen molar-refractivity contribution in [1.29, 1.82) is 0 Å². The van der Waals surface area contributed by atoms with Crippen LogP contribution in [0.2, 0.25) is 0 Å². The van der Waals surface area contributed by atoms with Gasteiger partial charge in [0.1, 0.15) is 5.82 Å². The Morgan fingerprint density at radius 3 is 2.50 bits per heavy atom. The number of hydrogen-bond donors (Lipinski definition) is 1. The van der Waals surface area contributed by atoms with Gasteiger partial charge in [-0.2, -0.15) is 0 Å². The SMILES string of the molecule is CC(C)(C)c1cc(N2CCCC2)nc(SCc2ccc(C(=O)NCCc3ccccn3)cc2)n1. The van der Waals surface area contributed by atoms with Crippen LogP contribution in [0, 0.1) is 0 Å². The third-order valence-electron chi connectivity index (χ3n) is 5.87. The van der Waals surface area contributed by atoms with Gasteiger partial charge in [-0.25, -0.2) is 9.97 Å². The molecule has 7 heteroatoms. The average Bonchev–Trinajstić information content (AvgIpc) is 3.38. The molecule has 3 heterocycles. The number of nitrogens with zero attached hydrogens (tertiary/aromatic N) is 4. The smallest absolute Gasteiger partial charge is 0.251 e. The summed E-state index contributed by atoms with van der Waals surface area (Å²) >= 11 is 1.65. The maximum absolute atomic E-state index is 12.5. The summed E-state index contributed by atoms with van der Waals surface area (Å²) in [6.07, 6.45) is 4.93. The first kappa shape index (κ1) is 24.2. The van der Waals surface area contributed by atoms with Crippen LogP contribution in [0.15, 0.2) is 59.9 Å². The molecule has 1 saturated heterocycles. The van der Waals surface area contributed by atoms with E-state index < -0.39 is 0 Å². The van der Waals surface area contributed by atoms with Crippen LogP contribution in [-0.4, -0.2) is 40.5 Å².